The van der Waals surface area contributed by atoms with Gasteiger partial charge < -0.3 is 5.11 Å². The van der Waals surface area contributed by atoms with Crippen molar-refractivity contribution in [1.29, 1.82) is 0 Å². The van der Waals surface area contributed by atoms with Crippen molar-refractivity contribution in [2.24, 2.45) is 5.92 Å². The maximum absolute atomic E-state index is 10.2. The van der Waals surface area contributed by atoms with Crippen molar-refractivity contribution in [1.82, 2.24) is 0 Å². The van der Waals surface area contributed by atoms with E-state index in [1.807, 2.05) is 0 Å². The van der Waals surface area contributed by atoms with Crippen LogP contribution in [0, 0.1) is 5.92 Å². The Kier molecular flexibility index (Phi) is 3.85. The molecule has 0 radical (unpaired) electrons. The molecule has 1 N–H and O–H groups in total. The Balaban J connectivity index is 1.95. The second-order valence-electron chi connectivity index (χ2n) is 3.41. The molecule has 2 nitrogen and oxygen atoms in total. The lowest BCUT2D eigenvalue weighted by atomic mass is 10.0. The minimum Gasteiger partial charge on any atom is -0.481 e. The SMILES string of the molecule is O=C(O)CCCC[C@H]1C=CCC1. The molecule has 0 bridgehead atoms. The summed E-state index contributed by atoms with van der Waals surface area (Å²) in [5.74, 6) is 0.0655. The molecule has 0 unspecified atom stereocenters. The smallest absolute Gasteiger partial charge is 0.303 e. The van der Waals surface area contributed by atoms with Gasteiger partial charge in [0.05, 0.1) is 0 Å². The van der Waals surface area contributed by atoms with E-state index < -0.39 is 5.97 Å². The van der Waals surface area contributed by atoms with Crippen LogP contribution in [0.25, 0.3) is 0 Å². The molecule has 0 saturated heterocycles. The Morgan fingerprint density at radius 3 is 2.92 bits per heavy atom. The lowest BCUT2D eigenvalue weighted by Crippen LogP contribution is -1.96. The van der Waals surface area contributed by atoms with Gasteiger partial charge in [-0.15, -0.1) is 0 Å². The average Bonchev–Trinajstić information content (AvgIpc) is 2.49. The zero-order valence-electron chi connectivity index (χ0n) is 7.33. The normalized spacial score (nSPS) is 21.5. The highest BCUT2D eigenvalue weighted by Crippen LogP contribution is 2.22. The molecule has 68 valence electrons. The van der Waals surface area contributed by atoms with Gasteiger partial charge in [-0.05, 0) is 31.6 Å². The summed E-state index contributed by atoms with van der Waals surface area (Å²) in [6, 6.07) is 0. The number of rotatable bonds is 5. The molecule has 0 heterocycles. The van der Waals surface area contributed by atoms with E-state index in [0.29, 0.717) is 6.42 Å². The Bertz CT molecular complexity index is 173. The molecule has 0 amide bonds. The van der Waals surface area contributed by atoms with Gasteiger partial charge in [0.1, 0.15) is 0 Å². The molecule has 0 spiro atoms. The van der Waals surface area contributed by atoms with E-state index in [1.54, 1.807) is 0 Å². The summed E-state index contributed by atoms with van der Waals surface area (Å²) >= 11 is 0. The number of carbonyl (C=O) groups is 1. The second-order valence-corrected chi connectivity index (χ2v) is 3.41. The van der Waals surface area contributed by atoms with Gasteiger partial charge in [0.15, 0.2) is 0 Å². The van der Waals surface area contributed by atoms with Crippen molar-refractivity contribution in [2.45, 2.75) is 38.5 Å². The molecule has 12 heavy (non-hydrogen) atoms. The molecule has 0 aliphatic heterocycles. The molecule has 2 heteroatoms. The van der Waals surface area contributed by atoms with Crippen molar-refractivity contribution >= 4 is 5.97 Å². The van der Waals surface area contributed by atoms with E-state index in [9.17, 15) is 4.79 Å². The van der Waals surface area contributed by atoms with E-state index in [2.05, 4.69) is 12.2 Å². The zero-order chi connectivity index (χ0) is 8.81. The Labute approximate surface area is 73.3 Å². The highest BCUT2D eigenvalue weighted by Gasteiger charge is 2.08. The maximum Gasteiger partial charge on any atom is 0.303 e. The number of carboxylic acids is 1. The fourth-order valence-corrected chi connectivity index (χ4v) is 1.62. The van der Waals surface area contributed by atoms with E-state index in [1.165, 1.54) is 19.3 Å². The van der Waals surface area contributed by atoms with E-state index in [0.717, 1.165) is 18.8 Å². The monoisotopic (exact) mass is 168 g/mol. The summed E-state index contributed by atoms with van der Waals surface area (Å²) < 4.78 is 0. The number of allylic oxidation sites excluding steroid dienone is 2. The first-order valence-corrected chi connectivity index (χ1v) is 4.67. The molecular weight excluding hydrogens is 152 g/mol. The summed E-state index contributed by atoms with van der Waals surface area (Å²) in [6.45, 7) is 0. The van der Waals surface area contributed by atoms with Crippen LogP contribution in [0.4, 0.5) is 0 Å². The third-order valence-corrected chi connectivity index (χ3v) is 2.33. The van der Waals surface area contributed by atoms with Crippen molar-refractivity contribution in [2.75, 3.05) is 0 Å². The third kappa shape index (κ3) is 3.56. The van der Waals surface area contributed by atoms with Crippen LogP contribution in [0.1, 0.15) is 38.5 Å². The van der Waals surface area contributed by atoms with Crippen molar-refractivity contribution in [3.63, 3.8) is 0 Å². The molecule has 0 aromatic heterocycles. The molecule has 0 saturated carbocycles. The first-order chi connectivity index (χ1) is 5.79. The van der Waals surface area contributed by atoms with Crippen molar-refractivity contribution < 1.29 is 9.90 Å². The Morgan fingerprint density at radius 1 is 1.50 bits per heavy atom. The van der Waals surface area contributed by atoms with Gasteiger partial charge in [0, 0.05) is 6.42 Å². The van der Waals surface area contributed by atoms with Gasteiger partial charge in [0.25, 0.3) is 0 Å². The average molecular weight is 168 g/mol. The molecular formula is C10H16O2. The number of aliphatic carboxylic acids is 1. The topological polar surface area (TPSA) is 37.3 Å². The van der Waals surface area contributed by atoms with Gasteiger partial charge in [-0.3, -0.25) is 4.79 Å². The van der Waals surface area contributed by atoms with Crippen LogP contribution in [0.5, 0.6) is 0 Å². The molecule has 0 fully saturated rings. The minimum atomic E-state index is -0.669. The highest BCUT2D eigenvalue weighted by atomic mass is 16.4. The van der Waals surface area contributed by atoms with Crippen LogP contribution in [-0.4, -0.2) is 11.1 Å². The maximum atomic E-state index is 10.2. The van der Waals surface area contributed by atoms with E-state index in [-0.39, 0.29) is 0 Å². The molecule has 0 aromatic rings. The van der Waals surface area contributed by atoms with Crippen LogP contribution < -0.4 is 0 Å². The van der Waals surface area contributed by atoms with Crippen LogP contribution in [0.3, 0.4) is 0 Å². The second kappa shape index (κ2) is 4.96. The van der Waals surface area contributed by atoms with Crippen LogP contribution in [-0.2, 0) is 4.79 Å². The molecule has 1 atom stereocenters. The van der Waals surface area contributed by atoms with Crippen molar-refractivity contribution in [3.8, 4) is 0 Å². The molecule has 1 rings (SSSR count). The molecule has 1 aliphatic carbocycles. The first-order valence-electron chi connectivity index (χ1n) is 4.67. The quantitative estimate of drug-likeness (QED) is 0.506. The van der Waals surface area contributed by atoms with Gasteiger partial charge in [-0.1, -0.05) is 18.6 Å². The fourth-order valence-electron chi connectivity index (χ4n) is 1.62. The lowest BCUT2D eigenvalue weighted by Gasteiger charge is -2.05. The van der Waals surface area contributed by atoms with Crippen LogP contribution >= 0.6 is 0 Å². The summed E-state index contributed by atoms with van der Waals surface area (Å²) in [7, 11) is 0. The fraction of sp³-hybridized carbons (Fsp3) is 0.700. The predicted octanol–water partition coefficient (Wildman–Crippen LogP) is 2.60. The number of unbranched alkanes of at least 4 members (excludes halogenated alkanes) is 1. The van der Waals surface area contributed by atoms with E-state index in [4.69, 9.17) is 5.11 Å². The first kappa shape index (κ1) is 9.30. The van der Waals surface area contributed by atoms with Gasteiger partial charge in [-0.2, -0.15) is 0 Å². The van der Waals surface area contributed by atoms with Gasteiger partial charge in [-0.25, -0.2) is 0 Å². The number of carboxylic acid groups (broad SMARTS) is 1. The molecule has 1 aliphatic rings. The largest absolute Gasteiger partial charge is 0.481 e. The standard InChI is InChI=1S/C10H16O2/c11-10(12)8-4-3-7-9-5-1-2-6-9/h1,5,9H,2-4,6-8H2,(H,11,12)/t9-/m0/s1. The third-order valence-electron chi connectivity index (χ3n) is 2.33. The predicted molar refractivity (Wildman–Crippen MR) is 48.0 cm³/mol. The summed E-state index contributed by atoms with van der Waals surface area (Å²) in [5.41, 5.74) is 0. The van der Waals surface area contributed by atoms with Crippen LogP contribution in [0.15, 0.2) is 12.2 Å². The Hall–Kier alpha value is -0.790. The molecule has 0 aromatic carbocycles. The summed E-state index contributed by atoms with van der Waals surface area (Å²) in [5, 5.41) is 8.39. The highest BCUT2D eigenvalue weighted by molar-refractivity contribution is 5.66. The summed E-state index contributed by atoms with van der Waals surface area (Å²) in [4.78, 5) is 10.2. The van der Waals surface area contributed by atoms with E-state index >= 15 is 0 Å². The Morgan fingerprint density at radius 2 is 2.33 bits per heavy atom. The minimum absolute atomic E-state index is 0.330. The lowest BCUT2D eigenvalue weighted by molar-refractivity contribution is -0.137. The van der Waals surface area contributed by atoms with Crippen LogP contribution in [0.2, 0.25) is 0 Å². The van der Waals surface area contributed by atoms with Gasteiger partial charge >= 0.3 is 5.97 Å². The summed E-state index contributed by atoms with van der Waals surface area (Å²) in [6.07, 6.45) is 10.4. The van der Waals surface area contributed by atoms with Crippen molar-refractivity contribution in [3.05, 3.63) is 12.2 Å². The number of hydrogen-bond donors (Lipinski definition) is 1. The zero-order valence-corrected chi connectivity index (χ0v) is 7.33. The van der Waals surface area contributed by atoms with Gasteiger partial charge in [0.2, 0.25) is 0 Å². The number of hydrogen-bond acceptors (Lipinski definition) is 1.